The molecule has 1 aromatic carbocycles. The third-order valence-corrected chi connectivity index (χ3v) is 4.45. The molecule has 1 N–H and O–H groups in total. The van der Waals surface area contributed by atoms with Gasteiger partial charge in [0, 0.05) is 20.6 Å². The van der Waals surface area contributed by atoms with Crippen LogP contribution in [0.5, 0.6) is 0 Å². The first-order valence-electron chi connectivity index (χ1n) is 7.37. The van der Waals surface area contributed by atoms with Gasteiger partial charge in [0.25, 0.3) is 5.91 Å². The Kier molecular flexibility index (Phi) is 5.58. The van der Waals surface area contributed by atoms with Gasteiger partial charge in [-0.2, -0.15) is 0 Å². The highest BCUT2D eigenvalue weighted by atomic mass is 35.5. The van der Waals surface area contributed by atoms with Crippen molar-refractivity contribution in [2.45, 2.75) is 13.3 Å². The van der Waals surface area contributed by atoms with Gasteiger partial charge in [-0.05, 0) is 30.8 Å². The highest BCUT2D eigenvalue weighted by Gasteiger charge is 2.19. The van der Waals surface area contributed by atoms with Crippen molar-refractivity contribution >= 4 is 29.7 Å². The number of carbonyl (C=O) groups excluding carboxylic acids is 1. The number of amides is 1. The van der Waals surface area contributed by atoms with Crippen molar-refractivity contribution < 1.29 is 9.18 Å². The predicted molar refractivity (Wildman–Crippen MR) is 94.7 cm³/mol. The summed E-state index contributed by atoms with van der Waals surface area (Å²) in [5.74, 6) is -1.43. The molecule has 0 unspecified atom stereocenters. The number of nitrogens with one attached hydrogen (secondary N) is 1. The van der Waals surface area contributed by atoms with Crippen molar-refractivity contribution in [1.82, 2.24) is 19.0 Å². The number of rotatable bonds is 4. The minimum atomic E-state index is -0.909. The van der Waals surface area contributed by atoms with Crippen LogP contribution in [0.3, 0.4) is 0 Å². The van der Waals surface area contributed by atoms with Crippen molar-refractivity contribution in [3.8, 4) is 5.69 Å². The molecule has 0 bridgehead atoms. The molecule has 134 valence electrons. The Balaban J connectivity index is 2.78. The second-order valence-corrected chi connectivity index (χ2v) is 6.11. The molecule has 0 aliphatic carbocycles. The number of carbonyl (C=O) groups is 1. The third kappa shape index (κ3) is 3.42. The molecule has 0 aliphatic heterocycles. The van der Waals surface area contributed by atoms with Gasteiger partial charge < -0.3 is 5.32 Å². The molecule has 7 nitrogen and oxygen atoms in total. The molecule has 0 saturated heterocycles. The summed E-state index contributed by atoms with van der Waals surface area (Å²) in [5.41, 5.74) is -2.06. The predicted octanol–water partition coefficient (Wildman–Crippen LogP) is 1.54. The van der Waals surface area contributed by atoms with Crippen LogP contribution in [-0.4, -0.2) is 26.2 Å². The maximum Gasteiger partial charge on any atom is 0.338 e. The first-order chi connectivity index (χ1) is 11.7. The molecule has 2 rings (SSSR count). The summed E-state index contributed by atoms with van der Waals surface area (Å²) in [5, 5.41) is 2.49. The Hall–Kier alpha value is -2.26. The molecular weight excluding hydrogens is 371 g/mol. The fourth-order valence-electron chi connectivity index (χ4n) is 2.19. The van der Waals surface area contributed by atoms with Crippen molar-refractivity contribution in [2.75, 3.05) is 6.54 Å². The summed E-state index contributed by atoms with van der Waals surface area (Å²) >= 11 is 10.9. The SMILES string of the molecule is CCCNC(=O)c1cc(-n2c(=O)n(C)c(=S)n(C)c2=O)c(F)cc1Cl. The maximum absolute atomic E-state index is 14.4. The number of halogens is 2. The lowest BCUT2D eigenvalue weighted by molar-refractivity contribution is 0.0953. The van der Waals surface area contributed by atoms with Crippen molar-refractivity contribution in [3.05, 3.63) is 54.3 Å². The van der Waals surface area contributed by atoms with Gasteiger partial charge in [0.2, 0.25) is 0 Å². The smallest absolute Gasteiger partial charge is 0.338 e. The summed E-state index contributed by atoms with van der Waals surface area (Å²) in [6, 6.07) is 1.97. The molecule has 1 heterocycles. The van der Waals surface area contributed by atoms with Crippen LogP contribution < -0.4 is 16.7 Å². The molecular formula is C15H16ClFN4O3S. The highest BCUT2D eigenvalue weighted by molar-refractivity contribution is 7.71. The summed E-state index contributed by atoms with van der Waals surface area (Å²) in [6.07, 6.45) is 0.702. The molecule has 0 spiro atoms. The Morgan fingerprint density at radius 3 is 2.32 bits per heavy atom. The normalized spacial score (nSPS) is 10.8. The van der Waals surface area contributed by atoms with Crippen LogP contribution in [0.15, 0.2) is 21.7 Å². The number of aromatic nitrogens is 3. The Morgan fingerprint density at radius 1 is 1.24 bits per heavy atom. The lowest BCUT2D eigenvalue weighted by Crippen LogP contribution is -2.44. The quantitative estimate of drug-likeness (QED) is 0.808. The van der Waals surface area contributed by atoms with Gasteiger partial charge in [0.05, 0.1) is 16.3 Å². The van der Waals surface area contributed by atoms with Crippen LogP contribution in [0.4, 0.5) is 4.39 Å². The lowest BCUT2D eigenvalue weighted by Gasteiger charge is -2.13. The number of nitrogens with zero attached hydrogens (tertiary/aromatic N) is 3. The van der Waals surface area contributed by atoms with E-state index in [1.807, 2.05) is 6.92 Å². The molecule has 10 heteroatoms. The van der Waals surface area contributed by atoms with Crippen LogP contribution in [0, 0.1) is 10.6 Å². The maximum atomic E-state index is 14.4. The molecule has 0 atom stereocenters. The van der Waals surface area contributed by atoms with Gasteiger partial charge in [0.1, 0.15) is 5.82 Å². The lowest BCUT2D eigenvalue weighted by atomic mass is 10.1. The van der Waals surface area contributed by atoms with E-state index in [4.69, 9.17) is 23.8 Å². The highest BCUT2D eigenvalue weighted by Crippen LogP contribution is 2.22. The van der Waals surface area contributed by atoms with E-state index in [-0.39, 0.29) is 21.0 Å². The summed E-state index contributed by atoms with van der Waals surface area (Å²) in [7, 11) is 2.73. The van der Waals surface area contributed by atoms with Crippen LogP contribution in [-0.2, 0) is 14.1 Å². The average molecular weight is 387 g/mol. The largest absolute Gasteiger partial charge is 0.352 e. The molecule has 1 aromatic heterocycles. The summed E-state index contributed by atoms with van der Waals surface area (Å²) < 4.78 is 17.1. The molecule has 1 amide bonds. The zero-order valence-electron chi connectivity index (χ0n) is 13.8. The Morgan fingerprint density at radius 2 is 1.80 bits per heavy atom. The Labute approximate surface area is 152 Å². The standard InChI is InChI=1S/C15H16ClFN4O3S/c1-4-5-18-12(22)8-6-11(10(17)7-9(8)16)21-13(23)19(2)15(25)20(3)14(21)24/h6-7H,4-5H2,1-3H3,(H,18,22). The molecule has 0 aliphatic rings. The molecule has 25 heavy (non-hydrogen) atoms. The van der Waals surface area contributed by atoms with Gasteiger partial charge in [-0.1, -0.05) is 18.5 Å². The van der Waals surface area contributed by atoms with E-state index in [0.29, 0.717) is 17.5 Å². The minimum absolute atomic E-state index is 0.0125. The fourth-order valence-corrected chi connectivity index (χ4v) is 2.59. The first-order valence-corrected chi connectivity index (χ1v) is 8.16. The van der Waals surface area contributed by atoms with Crippen molar-refractivity contribution in [2.24, 2.45) is 14.1 Å². The van der Waals surface area contributed by atoms with E-state index in [2.05, 4.69) is 5.32 Å². The average Bonchev–Trinajstić information content (AvgIpc) is 2.58. The van der Waals surface area contributed by atoms with Crippen LogP contribution in [0.2, 0.25) is 5.02 Å². The van der Waals surface area contributed by atoms with Gasteiger partial charge in [0.15, 0.2) is 4.77 Å². The van der Waals surface area contributed by atoms with E-state index in [1.165, 1.54) is 14.1 Å². The second-order valence-electron chi connectivity index (χ2n) is 5.34. The van der Waals surface area contributed by atoms with Crippen LogP contribution in [0.25, 0.3) is 5.69 Å². The molecule has 0 saturated carbocycles. The zero-order chi connectivity index (χ0) is 18.9. The fraction of sp³-hybridized carbons (Fsp3) is 0.333. The van der Waals surface area contributed by atoms with Crippen molar-refractivity contribution in [1.29, 1.82) is 0 Å². The van der Waals surface area contributed by atoms with Crippen LogP contribution >= 0.6 is 23.8 Å². The zero-order valence-corrected chi connectivity index (χ0v) is 15.4. The molecule has 2 aromatic rings. The van der Waals surface area contributed by atoms with E-state index in [1.54, 1.807) is 0 Å². The third-order valence-electron chi connectivity index (χ3n) is 3.59. The van der Waals surface area contributed by atoms with E-state index in [9.17, 15) is 18.8 Å². The summed E-state index contributed by atoms with van der Waals surface area (Å²) in [6.45, 7) is 2.28. The topological polar surface area (TPSA) is 78.0 Å². The Bertz CT molecular complexity index is 985. The summed E-state index contributed by atoms with van der Waals surface area (Å²) in [4.78, 5) is 37.0. The number of benzene rings is 1. The van der Waals surface area contributed by atoms with Gasteiger partial charge in [-0.3, -0.25) is 13.9 Å². The number of hydrogen-bond acceptors (Lipinski definition) is 4. The van der Waals surface area contributed by atoms with Gasteiger partial charge >= 0.3 is 11.4 Å². The van der Waals surface area contributed by atoms with E-state index in [0.717, 1.165) is 21.3 Å². The number of hydrogen-bond donors (Lipinski definition) is 1. The van der Waals surface area contributed by atoms with Gasteiger partial charge in [-0.25, -0.2) is 18.5 Å². The van der Waals surface area contributed by atoms with E-state index >= 15 is 0 Å². The van der Waals surface area contributed by atoms with Gasteiger partial charge in [-0.15, -0.1) is 0 Å². The van der Waals surface area contributed by atoms with Crippen LogP contribution in [0.1, 0.15) is 23.7 Å². The van der Waals surface area contributed by atoms with E-state index < -0.39 is 23.1 Å². The minimum Gasteiger partial charge on any atom is -0.352 e. The second kappa shape index (κ2) is 7.32. The molecule has 0 radical (unpaired) electrons. The first kappa shape index (κ1) is 19.1. The monoisotopic (exact) mass is 386 g/mol. The van der Waals surface area contributed by atoms with Crippen molar-refractivity contribution in [3.63, 3.8) is 0 Å². The molecule has 0 fully saturated rings.